The number of ether oxygens (including phenoxy) is 2. The molecular weight excluding hydrogens is 227 g/mol. The smallest absolute Gasteiger partial charge is 0.303 e. The van der Waals surface area contributed by atoms with E-state index in [0.717, 1.165) is 0 Å². The predicted octanol–water partition coefficient (Wildman–Crippen LogP) is 2.46. The van der Waals surface area contributed by atoms with Gasteiger partial charge < -0.3 is 14.6 Å². The Labute approximate surface area is 98.0 Å². The fourth-order valence-corrected chi connectivity index (χ4v) is 1.95. The summed E-state index contributed by atoms with van der Waals surface area (Å²) in [6.45, 7) is 1.23. The lowest BCUT2D eigenvalue weighted by Gasteiger charge is -2.14. The van der Waals surface area contributed by atoms with Gasteiger partial charge in [-0.25, -0.2) is 4.39 Å². The molecule has 5 heteroatoms. The molecule has 1 unspecified atom stereocenters. The molecule has 4 nitrogen and oxygen atoms in total. The van der Waals surface area contributed by atoms with Crippen molar-refractivity contribution in [1.82, 2.24) is 0 Å². The molecule has 0 amide bonds. The maximum Gasteiger partial charge on any atom is 0.303 e. The van der Waals surface area contributed by atoms with Gasteiger partial charge in [-0.05, 0) is 29.2 Å². The molecule has 0 radical (unpaired) electrons. The Kier molecular flexibility index (Phi) is 3.17. The lowest BCUT2D eigenvalue weighted by atomic mass is 9.93. The van der Waals surface area contributed by atoms with Crippen molar-refractivity contribution in [3.05, 3.63) is 23.3 Å². The van der Waals surface area contributed by atoms with Crippen LogP contribution < -0.4 is 9.47 Å². The highest BCUT2D eigenvalue weighted by Gasteiger charge is 2.21. The van der Waals surface area contributed by atoms with Crippen molar-refractivity contribution in [2.75, 3.05) is 6.79 Å². The van der Waals surface area contributed by atoms with Gasteiger partial charge in [0.25, 0.3) is 0 Å². The molecule has 92 valence electrons. The Morgan fingerprint density at radius 1 is 1.47 bits per heavy atom. The summed E-state index contributed by atoms with van der Waals surface area (Å²) >= 11 is 0. The lowest BCUT2D eigenvalue weighted by Crippen LogP contribution is -2.05. The second-order valence-corrected chi connectivity index (χ2v) is 4.04. The quantitative estimate of drug-likeness (QED) is 0.878. The normalized spacial score (nSPS) is 14.7. The number of benzene rings is 1. The number of fused-ring (bicyclic) bond motifs is 1. The minimum Gasteiger partial charge on any atom is -0.481 e. The number of alkyl halides is 1. The molecule has 0 saturated heterocycles. The molecule has 0 bridgehead atoms. The minimum atomic E-state index is -0.903. The van der Waals surface area contributed by atoms with Crippen molar-refractivity contribution >= 4 is 5.97 Å². The molecule has 0 fully saturated rings. The average Bonchev–Trinajstić information content (AvgIpc) is 2.73. The zero-order chi connectivity index (χ0) is 12.4. The van der Waals surface area contributed by atoms with E-state index in [2.05, 4.69) is 0 Å². The van der Waals surface area contributed by atoms with Gasteiger partial charge in [0.1, 0.15) is 6.67 Å². The van der Waals surface area contributed by atoms with E-state index in [-0.39, 0.29) is 19.1 Å². The second-order valence-electron chi connectivity index (χ2n) is 4.04. The third kappa shape index (κ3) is 2.33. The van der Waals surface area contributed by atoms with Crippen LogP contribution in [0.2, 0.25) is 0 Å². The van der Waals surface area contributed by atoms with Gasteiger partial charge in [-0.1, -0.05) is 6.92 Å². The predicted molar refractivity (Wildman–Crippen MR) is 58.0 cm³/mol. The molecule has 1 aliphatic rings. The third-order valence-electron chi connectivity index (χ3n) is 2.79. The molecule has 0 spiro atoms. The van der Waals surface area contributed by atoms with Crippen molar-refractivity contribution in [2.45, 2.75) is 25.9 Å². The average molecular weight is 240 g/mol. The van der Waals surface area contributed by atoms with Crippen molar-refractivity contribution in [2.24, 2.45) is 0 Å². The van der Waals surface area contributed by atoms with E-state index in [0.29, 0.717) is 22.6 Å². The van der Waals surface area contributed by atoms with Gasteiger partial charge in [-0.2, -0.15) is 0 Å². The first-order valence-corrected chi connectivity index (χ1v) is 5.32. The summed E-state index contributed by atoms with van der Waals surface area (Å²) in [6.07, 6.45) is -0.0351. The number of carbonyl (C=O) groups is 1. The van der Waals surface area contributed by atoms with Gasteiger partial charge >= 0.3 is 5.97 Å². The van der Waals surface area contributed by atoms with Crippen LogP contribution in [-0.4, -0.2) is 17.9 Å². The Bertz CT molecular complexity index is 444. The number of hydrogen-bond donors (Lipinski definition) is 1. The summed E-state index contributed by atoms with van der Waals surface area (Å²) < 4.78 is 23.3. The van der Waals surface area contributed by atoms with Gasteiger partial charge in [-0.15, -0.1) is 0 Å². The Hall–Kier alpha value is -1.78. The van der Waals surface area contributed by atoms with E-state index in [1.165, 1.54) is 0 Å². The zero-order valence-corrected chi connectivity index (χ0v) is 9.40. The maximum absolute atomic E-state index is 12.9. The lowest BCUT2D eigenvalue weighted by molar-refractivity contribution is -0.137. The van der Waals surface area contributed by atoms with Crippen LogP contribution in [0, 0.1) is 0 Å². The summed E-state index contributed by atoms with van der Waals surface area (Å²) in [4.78, 5) is 10.7. The van der Waals surface area contributed by atoms with Crippen molar-refractivity contribution in [1.29, 1.82) is 0 Å². The van der Waals surface area contributed by atoms with E-state index in [1.807, 2.05) is 0 Å². The first-order chi connectivity index (χ1) is 8.11. The van der Waals surface area contributed by atoms with Crippen LogP contribution in [0.3, 0.4) is 0 Å². The molecule has 0 aliphatic carbocycles. The van der Waals surface area contributed by atoms with E-state index < -0.39 is 12.6 Å². The van der Waals surface area contributed by atoms with Crippen molar-refractivity contribution in [3.63, 3.8) is 0 Å². The summed E-state index contributed by atoms with van der Waals surface area (Å²) in [5, 5.41) is 8.75. The summed E-state index contributed by atoms with van der Waals surface area (Å²) in [7, 11) is 0. The molecule has 17 heavy (non-hydrogen) atoms. The molecule has 1 heterocycles. The largest absolute Gasteiger partial charge is 0.481 e. The fourth-order valence-electron chi connectivity index (χ4n) is 1.95. The van der Waals surface area contributed by atoms with Gasteiger partial charge in [0.2, 0.25) is 6.79 Å². The number of aliphatic carboxylic acids is 1. The topological polar surface area (TPSA) is 55.8 Å². The molecule has 1 atom stereocenters. The van der Waals surface area contributed by atoms with Gasteiger partial charge in [0, 0.05) is 0 Å². The molecule has 1 aromatic rings. The SMILES string of the molecule is CC(CC(=O)O)c1cc2c(cc1CF)OCO2. The Morgan fingerprint density at radius 3 is 2.71 bits per heavy atom. The number of carboxylic acid groups (broad SMARTS) is 1. The maximum atomic E-state index is 12.9. The highest BCUT2D eigenvalue weighted by Crippen LogP contribution is 2.38. The fraction of sp³-hybridized carbons (Fsp3) is 0.417. The molecule has 2 rings (SSSR count). The molecule has 1 aromatic carbocycles. The monoisotopic (exact) mass is 240 g/mol. The van der Waals surface area contributed by atoms with Crippen LogP contribution in [-0.2, 0) is 11.5 Å². The summed E-state index contributed by atoms with van der Waals surface area (Å²) in [5.74, 6) is -0.0916. The number of rotatable bonds is 4. The van der Waals surface area contributed by atoms with Crippen LogP contribution in [0.15, 0.2) is 12.1 Å². The zero-order valence-electron chi connectivity index (χ0n) is 9.40. The Balaban J connectivity index is 2.35. The van der Waals surface area contributed by atoms with Crippen LogP contribution >= 0.6 is 0 Å². The highest BCUT2D eigenvalue weighted by molar-refractivity contribution is 5.68. The third-order valence-corrected chi connectivity index (χ3v) is 2.79. The summed E-state index contributed by atoms with van der Waals surface area (Å²) in [5.41, 5.74) is 1.13. The van der Waals surface area contributed by atoms with E-state index >= 15 is 0 Å². The first kappa shape index (κ1) is 11.7. The molecule has 1 aliphatic heterocycles. The number of carboxylic acids is 1. The Morgan fingerprint density at radius 2 is 2.12 bits per heavy atom. The van der Waals surface area contributed by atoms with E-state index in [9.17, 15) is 9.18 Å². The highest BCUT2D eigenvalue weighted by atomic mass is 19.1. The minimum absolute atomic E-state index is 0.0351. The molecule has 1 N–H and O–H groups in total. The van der Waals surface area contributed by atoms with Crippen LogP contribution in [0.4, 0.5) is 4.39 Å². The van der Waals surface area contributed by atoms with E-state index in [4.69, 9.17) is 14.6 Å². The number of hydrogen-bond acceptors (Lipinski definition) is 3. The molecule has 0 aromatic heterocycles. The standard InChI is InChI=1S/C12H13FO4/c1-7(2-12(14)15)9-4-11-10(16-6-17-11)3-8(9)5-13/h3-4,7H,2,5-6H2,1H3,(H,14,15). The van der Waals surface area contributed by atoms with Crippen LogP contribution in [0.1, 0.15) is 30.4 Å². The second kappa shape index (κ2) is 4.61. The van der Waals surface area contributed by atoms with E-state index in [1.54, 1.807) is 19.1 Å². The van der Waals surface area contributed by atoms with Gasteiger partial charge in [0.15, 0.2) is 11.5 Å². The van der Waals surface area contributed by atoms with Crippen LogP contribution in [0.25, 0.3) is 0 Å². The van der Waals surface area contributed by atoms with Gasteiger partial charge in [0.05, 0.1) is 6.42 Å². The first-order valence-electron chi connectivity index (χ1n) is 5.32. The number of halogens is 1. The molecule has 0 saturated carbocycles. The van der Waals surface area contributed by atoms with Gasteiger partial charge in [-0.3, -0.25) is 4.79 Å². The van der Waals surface area contributed by atoms with Crippen LogP contribution in [0.5, 0.6) is 11.5 Å². The summed E-state index contributed by atoms with van der Waals surface area (Å²) in [6, 6.07) is 3.25. The van der Waals surface area contributed by atoms with Crippen molar-refractivity contribution < 1.29 is 23.8 Å². The molecular formula is C12H13FO4. The van der Waals surface area contributed by atoms with Crippen molar-refractivity contribution in [3.8, 4) is 11.5 Å².